The fraction of sp³-hybridized carbons (Fsp3) is 0.688. The Morgan fingerprint density at radius 2 is 2.33 bits per heavy atom. The Bertz CT molecular complexity index is 614. The minimum absolute atomic E-state index is 0.404. The van der Waals surface area contributed by atoms with E-state index in [-0.39, 0.29) is 0 Å². The highest BCUT2D eigenvalue weighted by molar-refractivity contribution is 4.89. The fourth-order valence-electron chi connectivity index (χ4n) is 3.17. The molecule has 0 radical (unpaired) electrons. The van der Waals surface area contributed by atoms with Crippen molar-refractivity contribution in [3.63, 3.8) is 0 Å². The number of likely N-dealkylation sites (N-methyl/N-ethyl adjacent to an activating group) is 1. The maximum Gasteiger partial charge on any atom is 0.226 e. The van der Waals surface area contributed by atoms with Crippen molar-refractivity contribution in [2.24, 2.45) is 0 Å². The second-order valence-electron chi connectivity index (χ2n) is 6.46. The van der Waals surface area contributed by atoms with Gasteiger partial charge in [-0.25, -0.2) is 0 Å². The van der Waals surface area contributed by atoms with Crippen LogP contribution in [0.1, 0.15) is 25.1 Å². The van der Waals surface area contributed by atoms with Gasteiger partial charge in [0.2, 0.25) is 5.89 Å². The number of hydrogen-bond acceptors (Lipinski definition) is 7. The van der Waals surface area contributed by atoms with Gasteiger partial charge in [0.15, 0.2) is 5.82 Å². The highest BCUT2D eigenvalue weighted by atomic mass is 16.5. The molecule has 8 nitrogen and oxygen atoms in total. The number of aromatic nitrogens is 4. The zero-order valence-corrected chi connectivity index (χ0v) is 14.4. The monoisotopic (exact) mass is 334 g/mol. The predicted octanol–water partition coefficient (Wildman–Crippen LogP) is 0.396. The van der Waals surface area contributed by atoms with E-state index < -0.39 is 6.10 Å². The number of β-amino-alcohol motifs (C(OH)–C–C–N with tert-alkyl or cyclic N) is 1. The van der Waals surface area contributed by atoms with Crippen LogP contribution < -0.4 is 0 Å². The van der Waals surface area contributed by atoms with Crippen molar-refractivity contribution in [3.8, 4) is 0 Å². The van der Waals surface area contributed by atoms with E-state index in [2.05, 4.69) is 32.1 Å². The van der Waals surface area contributed by atoms with E-state index in [0.717, 1.165) is 31.8 Å². The summed E-state index contributed by atoms with van der Waals surface area (Å²) in [6.07, 6.45) is 5.05. The molecule has 2 atom stereocenters. The molecule has 2 aromatic rings. The van der Waals surface area contributed by atoms with Crippen molar-refractivity contribution in [3.05, 3.63) is 30.2 Å². The highest BCUT2D eigenvalue weighted by Crippen LogP contribution is 2.16. The van der Waals surface area contributed by atoms with Crippen LogP contribution in [0.4, 0.5) is 0 Å². The first-order chi connectivity index (χ1) is 11.6. The lowest BCUT2D eigenvalue weighted by atomic mass is 10.2. The van der Waals surface area contributed by atoms with Gasteiger partial charge in [0.05, 0.1) is 19.2 Å². The van der Waals surface area contributed by atoms with Crippen LogP contribution >= 0.6 is 0 Å². The van der Waals surface area contributed by atoms with Crippen LogP contribution in [0.2, 0.25) is 0 Å². The molecular formula is C16H26N6O2. The lowest BCUT2D eigenvalue weighted by Gasteiger charge is -2.24. The van der Waals surface area contributed by atoms with Crippen molar-refractivity contribution in [2.45, 2.75) is 45.0 Å². The summed E-state index contributed by atoms with van der Waals surface area (Å²) in [4.78, 5) is 8.94. The van der Waals surface area contributed by atoms with Gasteiger partial charge < -0.3 is 9.63 Å². The molecule has 0 unspecified atom stereocenters. The second-order valence-corrected chi connectivity index (χ2v) is 6.46. The maximum atomic E-state index is 10.2. The number of aliphatic hydroxyl groups excluding tert-OH is 1. The molecule has 0 saturated carbocycles. The van der Waals surface area contributed by atoms with E-state index in [4.69, 9.17) is 4.52 Å². The molecular weight excluding hydrogens is 308 g/mol. The number of aliphatic hydroxyl groups is 1. The van der Waals surface area contributed by atoms with Crippen LogP contribution in [0, 0.1) is 0 Å². The van der Waals surface area contributed by atoms with Gasteiger partial charge in [-0.2, -0.15) is 10.1 Å². The van der Waals surface area contributed by atoms with Crippen LogP contribution in [-0.2, 0) is 19.5 Å². The molecule has 1 aliphatic rings. The summed E-state index contributed by atoms with van der Waals surface area (Å²) in [5, 5.41) is 18.4. The van der Waals surface area contributed by atoms with E-state index in [1.807, 2.05) is 19.2 Å². The first-order valence-electron chi connectivity index (χ1n) is 8.53. The quantitative estimate of drug-likeness (QED) is 0.748. The molecule has 2 aromatic heterocycles. The zero-order chi connectivity index (χ0) is 16.9. The molecule has 0 aliphatic carbocycles. The van der Waals surface area contributed by atoms with Crippen molar-refractivity contribution in [1.82, 2.24) is 29.7 Å². The van der Waals surface area contributed by atoms with Gasteiger partial charge in [0, 0.05) is 37.9 Å². The number of aryl methyl sites for hydroxylation is 1. The van der Waals surface area contributed by atoms with Crippen LogP contribution in [0.15, 0.2) is 23.0 Å². The standard InChI is InChI=1S/C16H26N6O2/c1-3-16-18-15(19-24-16)12-20(2)13-5-8-21(9-13)10-14(23)11-22-7-4-6-17-22/h4,6-7,13-14,23H,3,5,8-12H2,1-2H3/t13-,14-/m1/s1. The van der Waals surface area contributed by atoms with Gasteiger partial charge >= 0.3 is 0 Å². The summed E-state index contributed by atoms with van der Waals surface area (Å²) in [5.74, 6) is 1.43. The first-order valence-corrected chi connectivity index (χ1v) is 8.53. The third-order valence-corrected chi connectivity index (χ3v) is 4.50. The molecule has 1 N–H and O–H groups in total. The van der Waals surface area contributed by atoms with Crippen LogP contribution in [0.5, 0.6) is 0 Å². The molecule has 8 heteroatoms. The molecule has 1 saturated heterocycles. The third-order valence-electron chi connectivity index (χ3n) is 4.50. The Kier molecular flexibility index (Phi) is 5.60. The topological polar surface area (TPSA) is 83.5 Å². The van der Waals surface area contributed by atoms with E-state index >= 15 is 0 Å². The zero-order valence-electron chi connectivity index (χ0n) is 14.4. The van der Waals surface area contributed by atoms with Gasteiger partial charge in [0.25, 0.3) is 0 Å². The summed E-state index contributed by atoms with van der Waals surface area (Å²) in [6.45, 7) is 5.85. The van der Waals surface area contributed by atoms with E-state index in [9.17, 15) is 5.11 Å². The van der Waals surface area contributed by atoms with Crippen molar-refractivity contribution in [2.75, 3.05) is 26.7 Å². The average Bonchev–Trinajstić information content (AvgIpc) is 3.28. The molecule has 132 valence electrons. The SMILES string of the molecule is CCc1nc(CN(C)[C@@H]2CCN(C[C@@H](O)Cn3cccn3)C2)no1. The minimum Gasteiger partial charge on any atom is -0.390 e. The lowest BCUT2D eigenvalue weighted by Crippen LogP contribution is -2.37. The van der Waals surface area contributed by atoms with Gasteiger partial charge in [-0.1, -0.05) is 12.1 Å². The minimum atomic E-state index is -0.404. The van der Waals surface area contributed by atoms with Crippen LogP contribution in [-0.4, -0.2) is 73.7 Å². The number of likely N-dealkylation sites (tertiary alicyclic amines) is 1. The van der Waals surface area contributed by atoms with Crippen molar-refractivity contribution >= 4 is 0 Å². The summed E-state index contributed by atoms with van der Waals surface area (Å²) in [6, 6.07) is 2.32. The lowest BCUT2D eigenvalue weighted by molar-refractivity contribution is 0.101. The Morgan fingerprint density at radius 1 is 1.46 bits per heavy atom. The summed E-state index contributed by atoms with van der Waals surface area (Å²) in [5.41, 5.74) is 0. The molecule has 24 heavy (non-hydrogen) atoms. The molecule has 1 aliphatic heterocycles. The molecule has 0 amide bonds. The Labute approximate surface area is 142 Å². The fourth-order valence-corrected chi connectivity index (χ4v) is 3.17. The smallest absolute Gasteiger partial charge is 0.226 e. The summed E-state index contributed by atoms with van der Waals surface area (Å²) < 4.78 is 6.93. The normalized spacial score (nSPS) is 20.1. The highest BCUT2D eigenvalue weighted by Gasteiger charge is 2.27. The molecule has 3 heterocycles. The van der Waals surface area contributed by atoms with E-state index in [0.29, 0.717) is 31.6 Å². The largest absolute Gasteiger partial charge is 0.390 e. The summed E-state index contributed by atoms with van der Waals surface area (Å²) >= 11 is 0. The second kappa shape index (κ2) is 7.87. The van der Waals surface area contributed by atoms with Crippen LogP contribution in [0.25, 0.3) is 0 Å². The molecule has 0 bridgehead atoms. The van der Waals surface area contributed by atoms with E-state index in [1.54, 1.807) is 10.9 Å². The number of hydrogen-bond donors (Lipinski definition) is 1. The molecule has 1 fully saturated rings. The number of rotatable bonds is 8. The Balaban J connectivity index is 1.44. The molecule has 0 spiro atoms. The molecule has 3 rings (SSSR count). The van der Waals surface area contributed by atoms with Gasteiger partial charge in [-0.05, 0) is 26.1 Å². The third kappa shape index (κ3) is 4.40. The van der Waals surface area contributed by atoms with Crippen LogP contribution in [0.3, 0.4) is 0 Å². The first kappa shape index (κ1) is 17.1. The van der Waals surface area contributed by atoms with E-state index in [1.165, 1.54) is 0 Å². The van der Waals surface area contributed by atoms with Gasteiger partial charge in [0.1, 0.15) is 0 Å². The maximum absolute atomic E-state index is 10.2. The van der Waals surface area contributed by atoms with Gasteiger partial charge in [-0.15, -0.1) is 0 Å². The molecule has 0 aromatic carbocycles. The Hall–Kier alpha value is -1.77. The number of nitrogens with zero attached hydrogens (tertiary/aromatic N) is 6. The van der Waals surface area contributed by atoms with Gasteiger partial charge in [-0.3, -0.25) is 14.5 Å². The Morgan fingerprint density at radius 3 is 3.04 bits per heavy atom. The average molecular weight is 334 g/mol. The van der Waals surface area contributed by atoms with Crippen molar-refractivity contribution in [1.29, 1.82) is 0 Å². The van der Waals surface area contributed by atoms with Crippen molar-refractivity contribution < 1.29 is 9.63 Å². The predicted molar refractivity (Wildman–Crippen MR) is 88.2 cm³/mol. The summed E-state index contributed by atoms with van der Waals surface area (Å²) in [7, 11) is 2.09.